The van der Waals surface area contributed by atoms with E-state index in [4.69, 9.17) is 0 Å². The largest absolute Gasteiger partial charge is 0.111 e. The number of hydrogen-bond donors (Lipinski definition) is 0. The van der Waals surface area contributed by atoms with Gasteiger partial charge in [0.1, 0.15) is 5.75 Å². The van der Waals surface area contributed by atoms with E-state index in [0.29, 0.717) is 10.9 Å². The van der Waals surface area contributed by atoms with Gasteiger partial charge in [-0.2, -0.15) is 0 Å². The monoisotopic (exact) mass is 233 g/mol. The SMILES string of the molecule is Cc1cc(C)c2c(c1)CC(CC[S+](C)C)=C2. The third kappa shape index (κ3) is 2.52. The van der Waals surface area contributed by atoms with Gasteiger partial charge in [0, 0.05) is 6.42 Å². The zero-order chi connectivity index (χ0) is 11.7. The Labute approximate surface area is 102 Å². The van der Waals surface area contributed by atoms with Gasteiger partial charge in [0.2, 0.25) is 0 Å². The lowest BCUT2D eigenvalue weighted by molar-refractivity contribution is 1.04. The van der Waals surface area contributed by atoms with Crippen LogP contribution in [0.3, 0.4) is 0 Å². The molecule has 86 valence electrons. The van der Waals surface area contributed by atoms with E-state index in [2.05, 4.69) is 44.6 Å². The molecule has 1 aliphatic carbocycles. The van der Waals surface area contributed by atoms with E-state index >= 15 is 0 Å². The van der Waals surface area contributed by atoms with Gasteiger partial charge >= 0.3 is 0 Å². The van der Waals surface area contributed by atoms with Crippen LogP contribution < -0.4 is 0 Å². The number of allylic oxidation sites excluding steroid dienone is 1. The van der Waals surface area contributed by atoms with Crippen LogP contribution in [0.1, 0.15) is 28.7 Å². The molecule has 0 atom stereocenters. The minimum atomic E-state index is 0.573. The number of benzene rings is 1. The molecule has 0 spiro atoms. The summed E-state index contributed by atoms with van der Waals surface area (Å²) in [4.78, 5) is 0. The Morgan fingerprint density at radius 2 is 1.94 bits per heavy atom. The van der Waals surface area contributed by atoms with Crippen molar-refractivity contribution in [3.63, 3.8) is 0 Å². The van der Waals surface area contributed by atoms with E-state index in [9.17, 15) is 0 Å². The van der Waals surface area contributed by atoms with Crippen molar-refractivity contribution in [2.24, 2.45) is 0 Å². The Morgan fingerprint density at radius 1 is 1.19 bits per heavy atom. The normalized spacial score (nSPS) is 14.2. The second-order valence-corrected chi connectivity index (χ2v) is 7.45. The fourth-order valence-corrected chi connectivity index (χ4v) is 3.09. The van der Waals surface area contributed by atoms with Crippen LogP contribution in [-0.2, 0) is 17.3 Å². The summed E-state index contributed by atoms with van der Waals surface area (Å²) in [5.74, 6) is 1.35. The van der Waals surface area contributed by atoms with Crippen LogP contribution in [0.5, 0.6) is 0 Å². The van der Waals surface area contributed by atoms with E-state index in [0.717, 1.165) is 0 Å². The molecule has 0 amide bonds. The minimum absolute atomic E-state index is 0.573. The molecule has 0 fully saturated rings. The van der Waals surface area contributed by atoms with Gasteiger partial charge < -0.3 is 0 Å². The highest BCUT2D eigenvalue weighted by molar-refractivity contribution is 7.95. The minimum Gasteiger partial charge on any atom is -0.0605 e. The quantitative estimate of drug-likeness (QED) is 0.701. The maximum atomic E-state index is 2.43. The summed E-state index contributed by atoms with van der Waals surface area (Å²) >= 11 is 0. The molecule has 0 heterocycles. The Kier molecular flexibility index (Phi) is 3.44. The molecule has 1 heteroatoms. The van der Waals surface area contributed by atoms with Crippen molar-refractivity contribution >= 4 is 17.0 Å². The van der Waals surface area contributed by atoms with E-state index in [1.165, 1.54) is 35.3 Å². The van der Waals surface area contributed by atoms with Gasteiger partial charge in [0.05, 0.1) is 12.5 Å². The topological polar surface area (TPSA) is 0 Å². The molecule has 0 saturated carbocycles. The van der Waals surface area contributed by atoms with Crippen LogP contribution in [0, 0.1) is 13.8 Å². The number of hydrogen-bond acceptors (Lipinski definition) is 0. The first-order valence-corrected chi connectivity index (χ1v) is 8.11. The van der Waals surface area contributed by atoms with Gasteiger partial charge in [-0.3, -0.25) is 0 Å². The van der Waals surface area contributed by atoms with Crippen LogP contribution >= 0.6 is 0 Å². The first-order chi connectivity index (χ1) is 7.56. The number of aryl methyl sites for hydroxylation is 2. The Bertz CT molecular complexity index is 427. The summed E-state index contributed by atoms with van der Waals surface area (Å²) in [6.07, 6.45) is 9.56. The smallest absolute Gasteiger partial charge is 0.0605 e. The lowest BCUT2D eigenvalue weighted by Gasteiger charge is -2.04. The zero-order valence-corrected chi connectivity index (χ0v) is 11.6. The molecule has 0 saturated heterocycles. The average Bonchev–Trinajstić information content (AvgIpc) is 2.57. The molecule has 2 rings (SSSR count). The summed E-state index contributed by atoms with van der Waals surface area (Å²) in [5, 5.41) is 0. The van der Waals surface area contributed by atoms with Crippen LogP contribution in [0.15, 0.2) is 17.7 Å². The number of rotatable bonds is 3. The number of fused-ring (bicyclic) bond motifs is 1. The van der Waals surface area contributed by atoms with Gasteiger partial charge in [-0.25, -0.2) is 0 Å². The zero-order valence-electron chi connectivity index (χ0n) is 10.8. The molecular formula is C15H21S+. The molecule has 16 heavy (non-hydrogen) atoms. The average molecular weight is 233 g/mol. The highest BCUT2D eigenvalue weighted by Crippen LogP contribution is 2.30. The van der Waals surface area contributed by atoms with Crippen LogP contribution in [0.4, 0.5) is 0 Å². The van der Waals surface area contributed by atoms with Gasteiger partial charge in [0.25, 0.3) is 0 Å². The van der Waals surface area contributed by atoms with Crippen molar-refractivity contribution in [3.05, 3.63) is 40.0 Å². The summed E-state index contributed by atoms with van der Waals surface area (Å²) in [6, 6.07) is 4.64. The van der Waals surface area contributed by atoms with Crippen molar-refractivity contribution < 1.29 is 0 Å². The Hall–Kier alpha value is -0.690. The summed E-state index contributed by atoms with van der Waals surface area (Å²) in [5.41, 5.74) is 7.51. The molecule has 0 nitrogen and oxygen atoms in total. The van der Waals surface area contributed by atoms with Gasteiger partial charge in [-0.1, -0.05) is 29.3 Å². The van der Waals surface area contributed by atoms with Crippen LogP contribution in [0.25, 0.3) is 6.08 Å². The lowest BCUT2D eigenvalue weighted by Crippen LogP contribution is -2.02. The lowest BCUT2D eigenvalue weighted by atomic mass is 10.0. The van der Waals surface area contributed by atoms with Crippen molar-refractivity contribution in [2.75, 3.05) is 18.3 Å². The van der Waals surface area contributed by atoms with E-state index in [1.807, 2.05) is 0 Å². The molecule has 0 bridgehead atoms. The molecule has 0 aliphatic heterocycles. The summed E-state index contributed by atoms with van der Waals surface area (Å²) < 4.78 is 0. The van der Waals surface area contributed by atoms with Crippen LogP contribution in [0.2, 0.25) is 0 Å². The van der Waals surface area contributed by atoms with Gasteiger partial charge in [0.15, 0.2) is 0 Å². The Morgan fingerprint density at radius 3 is 2.62 bits per heavy atom. The molecular weight excluding hydrogens is 212 g/mol. The summed E-state index contributed by atoms with van der Waals surface area (Å²) in [6.45, 7) is 4.43. The third-order valence-corrected chi connectivity index (χ3v) is 4.23. The molecule has 1 aromatic rings. The van der Waals surface area contributed by atoms with Gasteiger partial charge in [-0.05, 0) is 47.9 Å². The summed E-state index contributed by atoms with van der Waals surface area (Å²) in [7, 11) is 0.573. The van der Waals surface area contributed by atoms with E-state index in [1.54, 1.807) is 11.1 Å². The first kappa shape index (κ1) is 11.8. The Balaban J connectivity index is 2.15. The highest BCUT2D eigenvalue weighted by atomic mass is 32.2. The standard InChI is InChI=1S/C15H21S/c1-11-7-12(2)15-10-13(5-6-16(3)4)9-14(15)8-11/h7-8,10H,5-6,9H2,1-4H3/q+1. The van der Waals surface area contributed by atoms with E-state index in [-0.39, 0.29) is 0 Å². The molecule has 1 aromatic carbocycles. The predicted octanol–water partition coefficient (Wildman–Crippen LogP) is 3.51. The third-order valence-electron chi connectivity index (χ3n) is 3.21. The molecule has 0 radical (unpaired) electrons. The maximum Gasteiger partial charge on any atom is 0.111 e. The maximum absolute atomic E-state index is 2.43. The van der Waals surface area contributed by atoms with Gasteiger partial charge in [-0.15, -0.1) is 0 Å². The van der Waals surface area contributed by atoms with Crippen molar-refractivity contribution in [3.8, 4) is 0 Å². The first-order valence-electron chi connectivity index (χ1n) is 5.90. The molecule has 0 N–H and O–H groups in total. The van der Waals surface area contributed by atoms with E-state index < -0.39 is 0 Å². The predicted molar refractivity (Wildman–Crippen MR) is 76.3 cm³/mol. The van der Waals surface area contributed by atoms with Crippen molar-refractivity contribution in [1.29, 1.82) is 0 Å². The second-order valence-electron chi connectivity index (χ2n) is 5.07. The highest BCUT2D eigenvalue weighted by Gasteiger charge is 2.16. The fourth-order valence-electron chi connectivity index (χ4n) is 2.42. The molecule has 1 aliphatic rings. The van der Waals surface area contributed by atoms with Crippen LogP contribution in [-0.4, -0.2) is 18.3 Å². The molecule has 0 aromatic heterocycles. The fraction of sp³-hybridized carbons (Fsp3) is 0.467. The molecule has 0 unspecified atom stereocenters. The second kappa shape index (κ2) is 4.67. The van der Waals surface area contributed by atoms with Crippen molar-refractivity contribution in [1.82, 2.24) is 0 Å². The van der Waals surface area contributed by atoms with Crippen molar-refractivity contribution in [2.45, 2.75) is 26.7 Å².